The molecule has 0 spiro atoms. The molecule has 3 nitrogen and oxygen atoms in total. The van der Waals surface area contributed by atoms with Gasteiger partial charge in [0.05, 0.1) is 13.2 Å². The fourth-order valence-electron chi connectivity index (χ4n) is 4.58. The van der Waals surface area contributed by atoms with E-state index in [-0.39, 0.29) is 12.6 Å². The molecule has 0 aliphatic rings. The van der Waals surface area contributed by atoms with Gasteiger partial charge < -0.3 is 15.2 Å². The van der Waals surface area contributed by atoms with E-state index >= 15 is 0 Å². The molecule has 0 bridgehead atoms. The van der Waals surface area contributed by atoms with Crippen molar-refractivity contribution >= 4 is 10.8 Å². The summed E-state index contributed by atoms with van der Waals surface area (Å²) in [6.45, 7) is 8.00. The summed E-state index contributed by atoms with van der Waals surface area (Å²) in [6, 6.07) is 23.9. The van der Waals surface area contributed by atoms with Crippen molar-refractivity contribution in [3.8, 4) is 5.75 Å². The molecule has 0 aliphatic carbocycles. The van der Waals surface area contributed by atoms with Crippen molar-refractivity contribution < 1.29 is 9.84 Å². The van der Waals surface area contributed by atoms with Gasteiger partial charge in [0.2, 0.25) is 0 Å². The van der Waals surface area contributed by atoms with E-state index in [0.29, 0.717) is 6.54 Å². The van der Waals surface area contributed by atoms with E-state index in [4.69, 9.17) is 4.74 Å². The van der Waals surface area contributed by atoms with Gasteiger partial charge in [0.1, 0.15) is 5.75 Å². The highest BCUT2D eigenvalue weighted by atomic mass is 16.5. The standard InChI is InChI=1S/C34H45NO2/c1-27(2)11-10-12-28(3)16-21-34(35-22-23-36)32-18-17-31-26-33(20-19-30(31)25-32)37-24-9-5-8-15-29-13-6-4-7-14-29/h4,6-7,11,13-14,16-20,25-26,34-36H,5,8-10,12,15,21-24H2,1-3H3. The van der Waals surface area contributed by atoms with Crippen LogP contribution < -0.4 is 10.1 Å². The molecular formula is C34H45NO2. The zero-order chi connectivity index (χ0) is 26.3. The molecule has 0 radical (unpaired) electrons. The molecule has 0 aromatic heterocycles. The lowest BCUT2D eigenvalue weighted by atomic mass is 9.98. The topological polar surface area (TPSA) is 41.5 Å². The van der Waals surface area contributed by atoms with Gasteiger partial charge in [0.25, 0.3) is 0 Å². The Morgan fingerprint density at radius 3 is 2.46 bits per heavy atom. The van der Waals surface area contributed by atoms with Gasteiger partial charge in [-0.2, -0.15) is 0 Å². The lowest BCUT2D eigenvalue weighted by molar-refractivity contribution is 0.284. The maximum atomic E-state index is 9.38. The van der Waals surface area contributed by atoms with Gasteiger partial charge in [0, 0.05) is 12.6 Å². The van der Waals surface area contributed by atoms with Crippen LogP contribution in [0.1, 0.15) is 76.5 Å². The van der Waals surface area contributed by atoms with Gasteiger partial charge in [-0.25, -0.2) is 0 Å². The van der Waals surface area contributed by atoms with Crippen LogP contribution in [0, 0.1) is 0 Å². The Bertz CT molecular complexity index is 1130. The Morgan fingerprint density at radius 1 is 0.892 bits per heavy atom. The highest BCUT2D eigenvalue weighted by Crippen LogP contribution is 2.27. The molecule has 1 atom stereocenters. The van der Waals surface area contributed by atoms with E-state index in [0.717, 1.165) is 44.5 Å². The molecule has 0 amide bonds. The van der Waals surface area contributed by atoms with Crippen molar-refractivity contribution in [2.75, 3.05) is 19.8 Å². The van der Waals surface area contributed by atoms with Gasteiger partial charge in [-0.05, 0) is 106 Å². The zero-order valence-electron chi connectivity index (χ0n) is 23.0. The van der Waals surface area contributed by atoms with Gasteiger partial charge in [0.15, 0.2) is 0 Å². The molecular weight excluding hydrogens is 454 g/mol. The number of fused-ring (bicyclic) bond motifs is 1. The Kier molecular flexibility index (Phi) is 12.5. The molecule has 2 N–H and O–H groups in total. The van der Waals surface area contributed by atoms with E-state index < -0.39 is 0 Å². The second-order valence-corrected chi connectivity index (χ2v) is 10.2. The van der Waals surface area contributed by atoms with Crippen molar-refractivity contribution in [2.45, 2.75) is 71.8 Å². The maximum absolute atomic E-state index is 9.38. The van der Waals surface area contributed by atoms with Gasteiger partial charge in [-0.15, -0.1) is 0 Å². The van der Waals surface area contributed by atoms with Crippen LogP contribution in [0.4, 0.5) is 0 Å². The Morgan fingerprint density at radius 2 is 1.68 bits per heavy atom. The molecule has 0 saturated heterocycles. The minimum absolute atomic E-state index is 0.139. The number of aliphatic hydroxyl groups is 1. The predicted molar refractivity (Wildman–Crippen MR) is 158 cm³/mol. The molecule has 37 heavy (non-hydrogen) atoms. The first-order valence-corrected chi connectivity index (χ1v) is 13.9. The first kappa shape index (κ1) is 28.7. The summed E-state index contributed by atoms with van der Waals surface area (Å²) in [4.78, 5) is 0. The van der Waals surface area contributed by atoms with Crippen molar-refractivity contribution in [2.24, 2.45) is 0 Å². The van der Waals surface area contributed by atoms with Crippen LogP contribution >= 0.6 is 0 Å². The quantitative estimate of drug-likeness (QED) is 0.154. The molecule has 3 rings (SSSR count). The van der Waals surface area contributed by atoms with Gasteiger partial charge in [-0.1, -0.05) is 71.8 Å². The molecule has 0 fully saturated rings. The molecule has 198 valence electrons. The number of allylic oxidation sites excluding steroid dienone is 3. The van der Waals surface area contributed by atoms with Gasteiger partial charge >= 0.3 is 0 Å². The molecule has 1 unspecified atom stereocenters. The fraction of sp³-hybridized carbons (Fsp3) is 0.412. The number of unbranched alkanes of at least 4 members (excludes halogenated alkanes) is 2. The molecule has 0 aliphatic heterocycles. The molecule has 3 heteroatoms. The van der Waals surface area contributed by atoms with Crippen LogP contribution in [-0.2, 0) is 6.42 Å². The van der Waals surface area contributed by atoms with Crippen molar-refractivity contribution in [3.63, 3.8) is 0 Å². The molecule has 0 heterocycles. The lowest BCUT2D eigenvalue weighted by Gasteiger charge is -2.18. The SMILES string of the molecule is CC(C)=CCCC(C)=CCC(NCCO)c1ccc2cc(OCCCCCc3ccccc3)ccc2c1. The number of ether oxygens (including phenoxy) is 1. The monoisotopic (exact) mass is 499 g/mol. The summed E-state index contributed by atoms with van der Waals surface area (Å²) >= 11 is 0. The van der Waals surface area contributed by atoms with Crippen LogP contribution in [0.25, 0.3) is 10.8 Å². The van der Waals surface area contributed by atoms with Gasteiger partial charge in [-0.3, -0.25) is 0 Å². The lowest BCUT2D eigenvalue weighted by Crippen LogP contribution is -2.24. The number of hydrogen-bond acceptors (Lipinski definition) is 3. The number of rotatable bonds is 16. The van der Waals surface area contributed by atoms with Crippen molar-refractivity contribution in [1.82, 2.24) is 5.32 Å². The van der Waals surface area contributed by atoms with Crippen LogP contribution in [0.5, 0.6) is 5.75 Å². The van der Waals surface area contributed by atoms with Crippen LogP contribution in [0.15, 0.2) is 90.0 Å². The Balaban J connectivity index is 1.53. The third-order valence-electron chi connectivity index (χ3n) is 6.76. The number of benzene rings is 3. The van der Waals surface area contributed by atoms with Crippen LogP contribution in [-0.4, -0.2) is 24.9 Å². The van der Waals surface area contributed by atoms with E-state index in [9.17, 15) is 5.11 Å². The summed E-state index contributed by atoms with van der Waals surface area (Å²) in [5.41, 5.74) is 5.45. The highest BCUT2D eigenvalue weighted by molar-refractivity contribution is 5.84. The largest absolute Gasteiger partial charge is 0.494 e. The first-order chi connectivity index (χ1) is 18.0. The molecule has 3 aromatic carbocycles. The molecule has 3 aromatic rings. The summed E-state index contributed by atoms with van der Waals surface area (Å²) in [5, 5.41) is 15.3. The van der Waals surface area contributed by atoms with Crippen LogP contribution in [0.2, 0.25) is 0 Å². The average molecular weight is 500 g/mol. The number of aryl methyl sites for hydroxylation is 1. The van der Waals surface area contributed by atoms with E-state index in [1.807, 2.05) is 0 Å². The van der Waals surface area contributed by atoms with E-state index in [1.54, 1.807) is 0 Å². The minimum Gasteiger partial charge on any atom is -0.494 e. The number of aliphatic hydroxyl groups excluding tert-OH is 1. The second kappa shape index (κ2) is 16.1. The third kappa shape index (κ3) is 10.6. The Labute approximate surface area is 224 Å². The first-order valence-electron chi connectivity index (χ1n) is 13.9. The van der Waals surface area contributed by atoms with E-state index in [2.05, 4.69) is 105 Å². The fourth-order valence-corrected chi connectivity index (χ4v) is 4.58. The smallest absolute Gasteiger partial charge is 0.119 e. The van der Waals surface area contributed by atoms with E-state index in [1.165, 1.54) is 45.9 Å². The third-order valence-corrected chi connectivity index (χ3v) is 6.76. The summed E-state index contributed by atoms with van der Waals surface area (Å²) in [5.74, 6) is 0.938. The van der Waals surface area contributed by atoms with Crippen molar-refractivity contribution in [1.29, 1.82) is 0 Å². The maximum Gasteiger partial charge on any atom is 0.119 e. The second-order valence-electron chi connectivity index (χ2n) is 10.2. The summed E-state index contributed by atoms with van der Waals surface area (Å²) < 4.78 is 6.06. The zero-order valence-corrected chi connectivity index (χ0v) is 23.0. The number of nitrogens with one attached hydrogen (secondary N) is 1. The predicted octanol–water partition coefficient (Wildman–Crippen LogP) is 8.34. The average Bonchev–Trinajstić information content (AvgIpc) is 2.91. The van der Waals surface area contributed by atoms with Crippen LogP contribution in [0.3, 0.4) is 0 Å². The normalized spacial score (nSPS) is 12.5. The summed E-state index contributed by atoms with van der Waals surface area (Å²) in [6.07, 6.45) is 12.3. The number of hydrogen-bond donors (Lipinski definition) is 2. The van der Waals surface area contributed by atoms with Crippen molar-refractivity contribution in [3.05, 3.63) is 101 Å². The Hall–Kier alpha value is -2.88. The minimum atomic E-state index is 0.139. The summed E-state index contributed by atoms with van der Waals surface area (Å²) in [7, 11) is 0. The highest BCUT2D eigenvalue weighted by Gasteiger charge is 2.11. The molecule has 0 saturated carbocycles.